The Hall–Kier alpha value is -1.84. The number of pyridine rings is 1. The van der Waals surface area contributed by atoms with E-state index in [-0.39, 0.29) is 6.03 Å². The molecule has 0 aliphatic carbocycles. The number of piperidine rings is 1. The van der Waals surface area contributed by atoms with Gasteiger partial charge in [-0.25, -0.2) is 4.79 Å². The highest BCUT2D eigenvalue weighted by atomic mass is 16.2. The molecule has 1 aromatic rings. The van der Waals surface area contributed by atoms with E-state index in [1.807, 2.05) is 36.9 Å². The Balaban J connectivity index is 1.94. The number of aryl methyl sites for hydroxylation is 1. The van der Waals surface area contributed by atoms with Crippen LogP contribution in [0.25, 0.3) is 6.08 Å². The normalized spacial score (nSPS) is 15.3. The third-order valence-electron chi connectivity index (χ3n) is 3.28. The van der Waals surface area contributed by atoms with Crippen LogP contribution in [0.5, 0.6) is 0 Å². The van der Waals surface area contributed by atoms with Gasteiger partial charge in [-0.15, -0.1) is 0 Å². The minimum Gasteiger partial charge on any atom is -0.338 e. The van der Waals surface area contributed by atoms with Gasteiger partial charge in [-0.3, -0.25) is 4.98 Å². The summed E-state index contributed by atoms with van der Waals surface area (Å²) in [6.45, 7) is 6.22. The van der Waals surface area contributed by atoms with E-state index in [2.05, 4.69) is 16.4 Å². The van der Waals surface area contributed by atoms with Gasteiger partial charge < -0.3 is 10.2 Å². The zero-order valence-electron chi connectivity index (χ0n) is 11.6. The van der Waals surface area contributed by atoms with E-state index < -0.39 is 0 Å². The molecule has 0 saturated carbocycles. The maximum absolute atomic E-state index is 11.7. The van der Waals surface area contributed by atoms with Crippen LogP contribution in [0.1, 0.15) is 31.2 Å². The van der Waals surface area contributed by atoms with Crippen LogP contribution in [-0.4, -0.2) is 35.5 Å². The van der Waals surface area contributed by atoms with Crippen molar-refractivity contribution in [2.75, 3.05) is 19.6 Å². The minimum absolute atomic E-state index is 0.0511. The number of nitrogens with one attached hydrogen (secondary N) is 1. The predicted molar refractivity (Wildman–Crippen MR) is 76.8 cm³/mol. The van der Waals surface area contributed by atoms with Gasteiger partial charge in [-0.1, -0.05) is 11.6 Å². The lowest BCUT2D eigenvalue weighted by atomic mass is 10.0. The summed E-state index contributed by atoms with van der Waals surface area (Å²) in [6, 6.07) is 6.10. The van der Waals surface area contributed by atoms with Gasteiger partial charge >= 0.3 is 6.03 Å². The molecule has 2 rings (SSSR count). The highest BCUT2D eigenvalue weighted by molar-refractivity contribution is 5.74. The molecule has 0 bridgehead atoms. The van der Waals surface area contributed by atoms with E-state index in [1.165, 1.54) is 5.57 Å². The van der Waals surface area contributed by atoms with E-state index >= 15 is 0 Å². The highest BCUT2D eigenvalue weighted by Crippen LogP contribution is 2.18. The van der Waals surface area contributed by atoms with Crippen LogP contribution in [0.2, 0.25) is 0 Å². The second kappa shape index (κ2) is 6.36. The Labute approximate surface area is 114 Å². The molecule has 1 aromatic heterocycles. The molecular weight excluding hydrogens is 238 g/mol. The lowest BCUT2D eigenvalue weighted by Crippen LogP contribution is -2.43. The monoisotopic (exact) mass is 259 g/mol. The molecule has 1 aliphatic rings. The van der Waals surface area contributed by atoms with Crippen LogP contribution in [0, 0.1) is 6.92 Å². The zero-order chi connectivity index (χ0) is 13.7. The quantitative estimate of drug-likeness (QED) is 0.887. The highest BCUT2D eigenvalue weighted by Gasteiger charge is 2.18. The molecular formula is C15H21N3O. The number of rotatable bonds is 2. The molecule has 0 spiro atoms. The topological polar surface area (TPSA) is 45.2 Å². The number of urea groups is 1. The molecule has 1 N–H and O–H groups in total. The summed E-state index contributed by atoms with van der Waals surface area (Å²) in [5, 5.41) is 2.84. The number of amides is 2. The third kappa shape index (κ3) is 3.81. The summed E-state index contributed by atoms with van der Waals surface area (Å²) in [5.41, 5.74) is 3.43. The summed E-state index contributed by atoms with van der Waals surface area (Å²) < 4.78 is 0. The van der Waals surface area contributed by atoms with Crippen LogP contribution in [0.4, 0.5) is 4.79 Å². The number of carbonyl (C=O) groups is 1. The molecule has 2 heterocycles. The van der Waals surface area contributed by atoms with Crippen LogP contribution < -0.4 is 5.32 Å². The maximum Gasteiger partial charge on any atom is 0.317 e. The van der Waals surface area contributed by atoms with E-state index in [4.69, 9.17) is 0 Å². The maximum atomic E-state index is 11.7. The van der Waals surface area contributed by atoms with Crippen LogP contribution >= 0.6 is 0 Å². The van der Waals surface area contributed by atoms with Crippen LogP contribution in [-0.2, 0) is 0 Å². The van der Waals surface area contributed by atoms with E-state index in [1.54, 1.807) is 0 Å². The van der Waals surface area contributed by atoms with Gasteiger partial charge in [0.2, 0.25) is 0 Å². The first-order valence-corrected chi connectivity index (χ1v) is 6.85. The number of aromatic nitrogens is 1. The molecule has 19 heavy (non-hydrogen) atoms. The smallest absolute Gasteiger partial charge is 0.317 e. The first-order valence-electron chi connectivity index (χ1n) is 6.85. The van der Waals surface area contributed by atoms with Crippen molar-refractivity contribution in [1.82, 2.24) is 15.2 Å². The van der Waals surface area contributed by atoms with Gasteiger partial charge in [-0.2, -0.15) is 0 Å². The number of nitrogens with zero attached hydrogens (tertiary/aromatic N) is 2. The van der Waals surface area contributed by atoms with E-state index in [9.17, 15) is 4.79 Å². The molecule has 4 heteroatoms. The fourth-order valence-electron chi connectivity index (χ4n) is 2.26. The second-order valence-electron chi connectivity index (χ2n) is 4.83. The Morgan fingerprint density at radius 1 is 1.42 bits per heavy atom. The van der Waals surface area contributed by atoms with Gasteiger partial charge in [0.05, 0.1) is 5.69 Å². The number of carbonyl (C=O) groups excluding carboxylic acids is 1. The predicted octanol–water partition coefficient (Wildman–Crippen LogP) is 2.60. The molecule has 1 saturated heterocycles. The van der Waals surface area contributed by atoms with Crippen molar-refractivity contribution in [2.45, 2.75) is 26.7 Å². The van der Waals surface area contributed by atoms with Crippen LogP contribution in [0.3, 0.4) is 0 Å². The molecule has 0 atom stereocenters. The van der Waals surface area contributed by atoms with Gasteiger partial charge in [0.15, 0.2) is 0 Å². The minimum atomic E-state index is 0.0511. The number of hydrogen-bond donors (Lipinski definition) is 1. The van der Waals surface area contributed by atoms with Crippen molar-refractivity contribution in [1.29, 1.82) is 0 Å². The third-order valence-corrected chi connectivity index (χ3v) is 3.28. The molecule has 0 aromatic carbocycles. The molecule has 0 unspecified atom stereocenters. The summed E-state index contributed by atoms with van der Waals surface area (Å²) in [6.07, 6.45) is 4.03. The molecule has 102 valence electrons. The molecule has 4 nitrogen and oxygen atoms in total. The van der Waals surface area contributed by atoms with E-state index in [0.717, 1.165) is 37.3 Å². The van der Waals surface area contributed by atoms with Crippen molar-refractivity contribution in [3.63, 3.8) is 0 Å². The fraction of sp³-hybridized carbons (Fsp3) is 0.467. The lowest BCUT2D eigenvalue weighted by Gasteiger charge is -2.28. The average molecular weight is 259 g/mol. The van der Waals surface area contributed by atoms with Crippen molar-refractivity contribution in [3.8, 4) is 0 Å². The van der Waals surface area contributed by atoms with E-state index in [0.29, 0.717) is 6.54 Å². The molecule has 0 radical (unpaired) electrons. The van der Waals surface area contributed by atoms with Gasteiger partial charge in [0.25, 0.3) is 0 Å². The Kier molecular flexibility index (Phi) is 4.55. The summed E-state index contributed by atoms with van der Waals surface area (Å²) >= 11 is 0. The van der Waals surface area contributed by atoms with Crippen molar-refractivity contribution >= 4 is 12.1 Å². The van der Waals surface area contributed by atoms with Crippen molar-refractivity contribution in [2.24, 2.45) is 0 Å². The molecule has 1 fully saturated rings. The lowest BCUT2D eigenvalue weighted by molar-refractivity contribution is 0.194. The Morgan fingerprint density at radius 2 is 2.16 bits per heavy atom. The Bertz CT molecular complexity index is 472. The summed E-state index contributed by atoms with van der Waals surface area (Å²) in [5.74, 6) is 0. The average Bonchev–Trinajstić information content (AvgIpc) is 2.40. The SMILES string of the molecule is CCNC(=O)N1CCC(=Cc2cccc(C)n2)CC1. The van der Waals surface area contributed by atoms with Gasteiger partial charge in [-0.05, 0) is 44.9 Å². The Morgan fingerprint density at radius 3 is 2.79 bits per heavy atom. The van der Waals surface area contributed by atoms with Crippen LogP contribution in [0.15, 0.2) is 23.8 Å². The standard InChI is InChI=1S/C15H21N3O/c1-3-16-15(19)18-9-7-13(8-10-18)11-14-6-4-5-12(2)17-14/h4-6,11H,3,7-10H2,1-2H3,(H,16,19). The second-order valence-corrected chi connectivity index (χ2v) is 4.83. The van der Waals surface area contributed by atoms with Gasteiger partial charge in [0, 0.05) is 25.3 Å². The first kappa shape index (κ1) is 13.6. The van der Waals surface area contributed by atoms with Crippen molar-refractivity contribution in [3.05, 3.63) is 35.2 Å². The first-order chi connectivity index (χ1) is 9.19. The zero-order valence-corrected chi connectivity index (χ0v) is 11.6. The van der Waals surface area contributed by atoms with Gasteiger partial charge in [0.1, 0.15) is 0 Å². The fourth-order valence-corrected chi connectivity index (χ4v) is 2.26. The molecule has 2 amide bonds. The number of likely N-dealkylation sites (tertiary alicyclic amines) is 1. The largest absolute Gasteiger partial charge is 0.338 e. The summed E-state index contributed by atoms with van der Waals surface area (Å²) in [4.78, 5) is 18.1. The summed E-state index contributed by atoms with van der Waals surface area (Å²) in [7, 11) is 0. The van der Waals surface area contributed by atoms with Crippen molar-refractivity contribution < 1.29 is 4.79 Å². The molecule has 1 aliphatic heterocycles. The number of hydrogen-bond acceptors (Lipinski definition) is 2.